The Morgan fingerprint density at radius 1 is 1.35 bits per heavy atom. The summed E-state index contributed by atoms with van der Waals surface area (Å²) in [7, 11) is 0. The number of hydrogen-bond donors (Lipinski definition) is 2. The van der Waals surface area contributed by atoms with Crippen molar-refractivity contribution in [2.75, 3.05) is 39.4 Å². The molecule has 1 saturated heterocycles. The maximum absolute atomic E-state index is 13.5. The lowest BCUT2D eigenvalue weighted by atomic mass is 10.1. The number of aliphatic hydroxyl groups is 1. The quantitative estimate of drug-likeness (QED) is 0.807. The summed E-state index contributed by atoms with van der Waals surface area (Å²) in [5, 5.41) is 12.9. The molecule has 1 aromatic carbocycles. The maximum Gasteiger partial charge on any atom is 0.224 e. The number of ether oxygens (including phenoxy) is 1. The number of nitrogens with zero attached hydrogens (tertiary/aromatic N) is 1. The zero-order valence-electron chi connectivity index (χ0n) is 13.1. The van der Waals surface area contributed by atoms with Crippen molar-refractivity contribution < 1.29 is 23.4 Å². The van der Waals surface area contributed by atoms with Crippen LogP contribution in [-0.2, 0) is 16.0 Å². The molecule has 0 bridgehead atoms. The molecular weight excluding hydrogens is 306 g/mol. The Balaban J connectivity index is 1.83. The van der Waals surface area contributed by atoms with E-state index in [1.54, 1.807) is 6.92 Å². The van der Waals surface area contributed by atoms with Gasteiger partial charge in [-0.15, -0.1) is 0 Å². The molecule has 1 fully saturated rings. The summed E-state index contributed by atoms with van der Waals surface area (Å²) in [5.41, 5.74) is -1.39. The van der Waals surface area contributed by atoms with Crippen LogP contribution in [-0.4, -0.2) is 60.9 Å². The minimum atomic E-state index is -1.12. The zero-order chi connectivity index (χ0) is 16.9. The third-order valence-electron chi connectivity index (χ3n) is 3.73. The second kappa shape index (κ2) is 7.81. The molecule has 0 spiro atoms. The van der Waals surface area contributed by atoms with E-state index < -0.39 is 29.6 Å². The summed E-state index contributed by atoms with van der Waals surface area (Å²) in [4.78, 5) is 13.9. The molecule has 2 rings (SSSR count). The van der Waals surface area contributed by atoms with Crippen LogP contribution in [0.4, 0.5) is 8.78 Å². The lowest BCUT2D eigenvalue weighted by Crippen LogP contribution is -2.51. The van der Waals surface area contributed by atoms with Crippen LogP contribution in [0, 0.1) is 11.6 Å². The van der Waals surface area contributed by atoms with Gasteiger partial charge in [-0.05, 0) is 19.1 Å². The monoisotopic (exact) mass is 328 g/mol. The molecular formula is C16H22F2N2O3. The fraction of sp³-hybridized carbons (Fsp3) is 0.562. The van der Waals surface area contributed by atoms with Crippen molar-refractivity contribution in [3.05, 3.63) is 35.4 Å². The number of halogens is 2. The van der Waals surface area contributed by atoms with E-state index >= 15 is 0 Å². The summed E-state index contributed by atoms with van der Waals surface area (Å²) in [6.45, 7) is 4.72. The van der Waals surface area contributed by atoms with E-state index in [0.29, 0.717) is 19.8 Å². The van der Waals surface area contributed by atoms with Gasteiger partial charge in [0.1, 0.15) is 11.6 Å². The van der Waals surface area contributed by atoms with E-state index in [1.807, 2.05) is 4.90 Å². The lowest BCUT2D eigenvalue weighted by Gasteiger charge is -2.33. The first-order valence-corrected chi connectivity index (χ1v) is 7.59. The minimum Gasteiger partial charge on any atom is -0.387 e. The van der Waals surface area contributed by atoms with Crippen LogP contribution in [0.2, 0.25) is 0 Å². The number of amides is 1. The van der Waals surface area contributed by atoms with E-state index in [2.05, 4.69) is 5.32 Å². The van der Waals surface area contributed by atoms with Gasteiger partial charge in [0.25, 0.3) is 0 Å². The van der Waals surface area contributed by atoms with E-state index in [9.17, 15) is 18.7 Å². The Morgan fingerprint density at radius 3 is 2.57 bits per heavy atom. The molecule has 1 heterocycles. The van der Waals surface area contributed by atoms with Gasteiger partial charge in [-0.3, -0.25) is 9.69 Å². The summed E-state index contributed by atoms with van der Waals surface area (Å²) in [6, 6.07) is 3.47. The first-order valence-electron chi connectivity index (χ1n) is 7.59. The molecule has 1 unspecified atom stereocenters. The van der Waals surface area contributed by atoms with E-state index in [-0.39, 0.29) is 12.1 Å². The summed E-state index contributed by atoms with van der Waals surface area (Å²) in [5.74, 6) is -2.03. The number of rotatable bonds is 6. The van der Waals surface area contributed by atoms with E-state index in [4.69, 9.17) is 4.74 Å². The topological polar surface area (TPSA) is 61.8 Å². The Morgan fingerprint density at radius 2 is 1.96 bits per heavy atom. The number of carbonyl (C=O) groups is 1. The molecule has 1 atom stereocenters. The smallest absolute Gasteiger partial charge is 0.224 e. The second-order valence-corrected chi connectivity index (χ2v) is 6.04. The molecule has 7 heteroatoms. The van der Waals surface area contributed by atoms with Gasteiger partial charge in [-0.2, -0.15) is 0 Å². The van der Waals surface area contributed by atoms with Crippen molar-refractivity contribution in [3.63, 3.8) is 0 Å². The van der Waals surface area contributed by atoms with Crippen LogP contribution < -0.4 is 5.32 Å². The molecule has 1 aliphatic heterocycles. The van der Waals surface area contributed by atoms with Crippen LogP contribution in [0.3, 0.4) is 0 Å². The first-order chi connectivity index (χ1) is 10.9. The summed E-state index contributed by atoms with van der Waals surface area (Å²) >= 11 is 0. The van der Waals surface area contributed by atoms with Gasteiger partial charge >= 0.3 is 0 Å². The third-order valence-corrected chi connectivity index (χ3v) is 3.73. The van der Waals surface area contributed by atoms with Gasteiger partial charge in [0.2, 0.25) is 5.91 Å². The normalized spacial score (nSPS) is 18.4. The van der Waals surface area contributed by atoms with Gasteiger partial charge < -0.3 is 15.2 Å². The number of benzene rings is 1. The number of hydrogen-bond acceptors (Lipinski definition) is 4. The third kappa shape index (κ3) is 5.53. The number of carbonyl (C=O) groups excluding carboxylic acids is 1. The standard InChI is InChI=1S/C16H22F2N2O3/c1-16(22,11-20-5-7-23-8-6-20)10-19-15(21)9-12-13(17)3-2-4-14(12)18/h2-4,22H,5-11H2,1H3,(H,19,21). The van der Waals surface area contributed by atoms with Crippen LogP contribution in [0.5, 0.6) is 0 Å². The highest BCUT2D eigenvalue weighted by molar-refractivity contribution is 5.78. The largest absolute Gasteiger partial charge is 0.387 e. The minimum absolute atomic E-state index is 0.0132. The van der Waals surface area contributed by atoms with Crippen LogP contribution in [0.15, 0.2) is 18.2 Å². The first kappa shape index (κ1) is 17.8. The highest BCUT2D eigenvalue weighted by atomic mass is 19.1. The highest BCUT2D eigenvalue weighted by Gasteiger charge is 2.26. The number of β-amino-alcohol motifs (C(OH)–C–C–N with tert-alkyl or cyclic N) is 1. The highest BCUT2D eigenvalue weighted by Crippen LogP contribution is 2.13. The molecule has 1 aromatic rings. The van der Waals surface area contributed by atoms with Crippen molar-refractivity contribution in [2.45, 2.75) is 18.9 Å². The molecule has 0 saturated carbocycles. The van der Waals surface area contributed by atoms with Crippen LogP contribution >= 0.6 is 0 Å². The zero-order valence-corrected chi connectivity index (χ0v) is 13.1. The van der Waals surface area contributed by atoms with Gasteiger partial charge in [0, 0.05) is 31.7 Å². The predicted octanol–water partition coefficient (Wildman–Crippen LogP) is 0.707. The Labute approximate surface area is 134 Å². The van der Waals surface area contributed by atoms with Gasteiger partial charge in [0.15, 0.2) is 0 Å². The van der Waals surface area contributed by atoms with Crippen molar-refractivity contribution in [1.82, 2.24) is 10.2 Å². The van der Waals surface area contributed by atoms with Gasteiger partial charge in [-0.1, -0.05) is 6.07 Å². The molecule has 2 N–H and O–H groups in total. The predicted molar refractivity (Wildman–Crippen MR) is 81.0 cm³/mol. The molecule has 128 valence electrons. The van der Waals surface area contributed by atoms with E-state index in [0.717, 1.165) is 25.2 Å². The number of nitrogens with one attached hydrogen (secondary N) is 1. The molecule has 0 aromatic heterocycles. The molecule has 23 heavy (non-hydrogen) atoms. The average molecular weight is 328 g/mol. The fourth-order valence-electron chi connectivity index (χ4n) is 2.51. The Kier molecular flexibility index (Phi) is 6.04. The molecule has 5 nitrogen and oxygen atoms in total. The van der Waals surface area contributed by atoms with Crippen molar-refractivity contribution in [3.8, 4) is 0 Å². The van der Waals surface area contributed by atoms with Crippen molar-refractivity contribution in [1.29, 1.82) is 0 Å². The molecule has 0 radical (unpaired) electrons. The van der Waals surface area contributed by atoms with Crippen molar-refractivity contribution >= 4 is 5.91 Å². The van der Waals surface area contributed by atoms with Crippen LogP contribution in [0.1, 0.15) is 12.5 Å². The SMILES string of the molecule is CC(O)(CNC(=O)Cc1c(F)cccc1F)CN1CCOCC1. The molecule has 1 aliphatic rings. The van der Waals surface area contributed by atoms with Gasteiger partial charge in [-0.25, -0.2) is 8.78 Å². The van der Waals surface area contributed by atoms with Gasteiger partial charge in [0.05, 0.1) is 25.2 Å². The fourth-order valence-corrected chi connectivity index (χ4v) is 2.51. The summed E-state index contributed by atoms with van der Waals surface area (Å²) in [6.07, 6.45) is -0.397. The average Bonchev–Trinajstić information content (AvgIpc) is 2.50. The van der Waals surface area contributed by atoms with Crippen molar-refractivity contribution in [2.24, 2.45) is 0 Å². The van der Waals surface area contributed by atoms with E-state index in [1.165, 1.54) is 6.07 Å². The molecule has 0 aliphatic carbocycles. The maximum atomic E-state index is 13.5. The number of morpholine rings is 1. The Hall–Kier alpha value is -1.57. The Bertz CT molecular complexity index is 526. The summed E-state index contributed by atoms with van der Waals surface area (Å²) < 4.78 is 32.2. The molecule has 1 amide bonds. The lowest BCUT2D eigenvalue weighted by molar-refractivity contribution is -0.122. The second-order valence-electron chi connectivity index (χ2n) is 6.04. The van der Waals surface area contributed by atoms with Crippen LogP contribution in [0.25, 0.3) is 0 Å².